The van der Waals surface area contributed by atoms with Gasteiger partial charge < -0.3 is 0 Å². The van der Waals surface area contributed by atoms with E-state index in [4.69, 9.17) is 0 Å². The lowest BCUT2D eigenvalue weighted by Gasteiger charge is -2.10. The summed E-state index contributed by atoms with van der Waals surface area (Å²) in [6, 6.07) is 0. The van der Waals surface area contributed by atoms with Crippen molar-refractivity contribution in [1.29, 1.82) is 0 Å². The molecule has 0 saturated heterocycles. The van der Waals surface area contributed by atoms with Crippen molar-refractivity contribution in [2.45, 2.75) is 6.92 Å². The third-order valence-corrected chi connectivity index (χ3v) is 0.931. The summed E-state index contributed by atoms with van der Waals surface area (Å²) in [4.78, 5) is 10.9. The summed E-state index contributed by atoms with van der Waals surface area (Å²) in [5.74, 6) is -0.167. The molecule has 1 amide bonds. The van der Waals surface area contributed by atoms with Gasteiger partial charge in [0, 0.05) is 14.1 Å². The van der Waals surface area contributed by atoms with Crippen LogP contribution < -0.4 is 5.43 Å². The third kappa shape index (κ3) is 3.07. The molecule has 3 nitrogen and oxygen atoms in total. The molecule has 0 aromatic rings. The van der Waals surface area contributed by atoms with Gasteiger partial charge in [-0.25, -0.2) is 5.01 Å². The van der Waals surface area contributed by atoms with Crippen molar-refractivity contribution in [2.75, 3.05) is 14.1 Å². The van der Waals surface area contributed by atoms with Gasteiger partial charge >= 0.3 is 0 Å². The van der Waals surface area contributed by atoms with Gasteiger partial charge in [-0.1, -0.05) is 6.58 Å². The van der Waals surface area contributed by atoms with Crippen LogP contribution in [0, 0.1) is 0 Å². The molecule has 0 aliphatic rings. The number of amides is 1. The van der Waals surface area contributed by atoms with Crippen LogP contribution >= 0.6 is 0 Å². The SMILES string of the molecule is C=C=C(C)C(=O)NN(C)C. The molecule has 10 heavy (non-hydrogen) atoms. The number of hydrogen-bond donors (Lipinski definition) is 1. The van der Waals surface area contributed by atoms with Crippen LogP contribution in [0.1, 0.15) is 6.92 Å². The van der Waals surface area contributed by atoms with Crippen LogP contribution in [0.4, 0.5) is 0 Å². The summed E-state index contributed by atoms with van der Waals surface area (Å²) >= 11 is 0. The maximum absolute atomic E-state index is 10.9. The predicted octanol–water partition coefficient (Wildman–Crippen LogP) is 0.310. The van der Waals surface area contributed by atoms with E-state index in [-0.39, 0.29) is 5.91 Å². The van der Waals surface area contributed by atoms with Crippen LogP contribution in [0.2, 0.25) is 0 Å². The summed E-state index contributed by atoms with van der Waals surface area (Å²) in [6.07, 6.45) is 0. The Labute approximate surface area is 61.0 Å². The minimum atomic E-state index is -0.167. The Balaban J connectivity index is 3.99. The standard InChI is InChI=1S/C7H12N2O/c1-5-6(2)7(10)8-9(3)4/h1H2,2-4H3,(H,8,10). The van der Waals surface area contributed by atoms with Crippen LogP contribution in [-0.4, -0.2) is 25.0 Å². The van der Waals surface area contributed by atoms with Gasteiger partial charge in [-0.15, -0.1) is 5.73 Å². The molecule has 0 bridgehead atoms. The maximum Gasteiger partial charge on any atom is 0.268 e. The topological polar surface area (TPSA) is 32.3 Å². The lowest BCUT2D eigenvalue weighted by Crippen LogP contribution is -2.36. The van der Waals surface area contributed by atoms with Crippen LogP contribution in [0.5, 0.6) is 0 Å². The smallest absolute Gasteiger partial charge is 0.268 e. The average molecular weight is 140 g/mol. The minimum Gasteiger partial charge on any atom is -0.285 e. The number of nitrogens with one attached hydrogen (secondary N) is 1. The highest BCUT2D eigenvalue weighted by atomic mass is 16.2. The number of carbonyl (C=O) groups is 1. The van der Waals surface area contributed by atoms with E-state index in [0.717, 1.165) is 0 Å². The summed E-state index contributed by atoms with van der Waals surface area (Å²) < 4.78 is 0. The highest BCUT2D eigenvalue weighted by Crippen LogP contribution is 1.86. The Morgan fingerprint density at radius 2 is 2.10 bits per heavy atom. The Hall–Kier alpha value is -1.05. The van der Waals surface area contributed by atoms with Crippen molar-refractivity contribution in [2.24, 2.45) is 0 Å². The van der Waals surface area contributed by atoms with Crippen molar-refractivity contribution in [3.05, 3.63) is 17.9 Å². The molecule has 0 fully saturated rings. The number of nitrogens with zero attached hydrogens (tertiary/aromatic N) is 1. The van der Waals surface area contributed by atoms with Crippen molar-refractivity contribution in [3.8, 4) is 0 Å². The fraction of sp³-hybridized carbons (Fsp3) is 0.429. The van der Waals surface area contributed by atoms with Crippen molar-refractivity contribution >= 4 is 5.91 Å². The molecule has 0 spiro atoms. The third-order valence-electron chi connectivity index (χ3n) is 0.931. The zero-order valence-corrected chi connectivity index (χ0v) is 6.56. The number of hydrogen-bond acceptors (Lipinski definition) is 2. The van der Waals surface area contributed by atoms with Gasteiger partial charge in [0.2, 0.25) is 0 Å². The Kier molecular flexibility index (Phi) is 3.47. The predicted molar refractivity (Wildman–Crippen MR) is 40.2 cm³/mol. The van der Waals surface area contributed by atoms with E-state index >= 15 is 0 Å². The lowest BCUT2D eigenvalue weighted by atomic mass is 10.3. The maximum atomic E-state index is 10.9. The fourth-order valence-electron chi connectivity index (χ4n) is 0.367. The van der Waals surface area contributed by atoms with Crippen molar-refractivity contribution in [3.63, 3.8) is 0 Å². The molecule has 0 aliphatic carbocycles. The first-order valence-corrected chi connectivity index (χ1v) is 2.93. The highest BCUT2D eigenvalue weighted by molar-refractivity contribution is 5.92. The minimum absolute atomic E-state index is 0.167. The van der Waals surface area contributed by atoms with E-state index in [2.05, 4.69) is 17.7 Å². The molecule has 0 atom stereocenters. The van der Waals surface area contributed by atoms with Crippen molar-refractivity contribution in [1.82, 2.24) is 10.4 Å². The van der Waals surface area contributed by atoms with E-state index in [1.165, 1.54) is 0 Å². The summed E-state index contributed by atoms with van der Waals surface area (Å²) in [5, 5.41) is 1.57. The molecular weight excluding hydrogens is 128 g/mol. The highest BCUT2D eigenvalue weighted by Gasteiger charge is 2.01. The van der Waals surface area contributed by atoms with Gasteiger partial charge in [0.25, 0.3) is 5.91 Å². The Morgan fingerprint density at radius 1 is 1.60 bits per heavy atom. The first kappa shape index (κ1) is 8.95. The largest absolute Gasteiger partial charge is 0.285 e. The molecule has 3 heteroatoms. The van der Waals surface area contributed by atoms with E-state index < -0.39 is 0 Å². The molecule has 0 heterocycles. The van der Waals surface area contributed by atoms with E-state index in [1.807, 2.05) is 0 Å². The lowest BCUT2D eigenvalue weighted by molar-refractivity contribution is -0.121. The summed E-state index contributed by atoms with van der Waals surface area (Å²) in [7, 11) is 3.49. The molecular formula is C7H12N2O. The normalized spacial score (nSPS) is 8.80. The van der Waals surface area contributed by atoms with Gasteiger partial charge in [0.15, 0.2) is 0 Å². The second-order valence-electron chi connectivity index (χ2n) is 2.14. The number of carbonyl (C=O) groups excluding carboxylic acids is 1. The van der Waals surface area contributed by atoms with E-state index in [0.29, 0.717) is 5.57 Å². The molecule has 1 N–H and O–H groups in total. The first-order chi connectivity index (χ1) is 4.57. The van der Waals surface area contributed by atoms with Crippen LogP contribution in [0.25, 0.3) is 0 Å². The van der Waals surface area contributed by atoms with Gasteiger partial charge in [-0.05, 0) is 6.92 Å². The summed E-state index contributed by atoms with van der Waals surface area (Å²) in [6.45, 7) is 5.01. The van der Waals surface area contributed by atoms with Crippen LogP contribution in [-0.2, 0) is 4.79 Å². The zero-order chi connectivity index (χ0) is 8.15. The monoisotopic (exact) mass is 140 g/mol. The first-order valence-electron chi connectivity index (χ1n) is 2.93. The Bertz CT molecular complexity index is 178. The zero-order valence-electron chi connectivity index (χ0n) is 6.56. The molecule has 0 aromatic carbocycles. The molecule has 0 radical (unpaired) electrons. The quantitative estimate of drug-likeness (QED) is 0.340. The van der Waals surface area contributed by atoms with Gasteiger partial charge in [0.1, 0.15) is 0 Å². The molecule has 0 saturated carbocycles. The number of hydrazine groups is 1. The van der Waals surface area contributed by atoms with Gasteiger partial charge in [-0.3, -0.25) is 10.2 Å². The average Bonchev–Trinajstić information content (AvgIpc) is 1.85. The van der Waals surface area contributed by atoms with Crippen LogP contribution in [0.15, 0.2) is 17.9 Å². The molecule has 0 aromatic heterocycles. The van der Waals surface area contributed by atoms with Gasteiger partial charge in [-0.2, -0.15) is 0 Å². The van der Waals surface area contributed by atoms with Crippen LogP contribution in [0.3, 0.4) is 0 Å². The molecule has 56 valence electrons. The van der Waals surface area contributed by atoms with E-state index in [1.54, 1.807) is 26.0 Å². The molecule has 0 unspecified atom stereocenters. The number of rotatable bonds is 2. The summed E-state index contributed by atoms with van der Waals surface area (Å²) in [5.41, 5.74) is 5.54. The molecule has 0 rings (SSSR count). The van der Waals surface area contributed by atoms with E-state index in [9.17, 15) is 4.79 Å². The fourth-order valence-corrected chi connectivity index (χ4v) is 0.367. The Morgan fingerprint density at radius 3 is 2.40 bits per heavy atom. The van der Waals surface area contributed by atoms with Crippen molar-refractivity contribution < 1.29 is 4.79 Å². The molecule has 0 aliphatic heterocycles. The van der Waals surface area contributed by atoms with Gasteiger partial charge in [0.05, 0.1) is 5.57 Å². The second-order valence-corrected chi connectivity index (χ2v) is 2.14. The second kappa shape index (κ2) is 3.88.